The molecule has 1 aliphatic carbocycles. The first-order valence-corrected chi connectivity index (χ1v) is 15.3. The third-order valence-corrected chi connectivity index (χ3v) is 8.12. The molecule has 0 aromatic carbocycles. The number of aliphatic hydroxyl groups is 5. The van der Waals surface area contributed by atoms with Crippen LogP contribution in [0.4, 0.5) is 0 Å². The number of carbonyl (C=O) groups is 7. The van der Waals surface area contributed by atoms with E-state index in [9.17, 15) is 59.1 Å². The number of amides is 7. The minimum atomic E-state index is -1.62. The van der Waals surface area contributed by atoms with Crippen molar-refractivity contribution < 1.29 is 59.1 Å². The zero-order valence-corrected chi connectivity index (χ0v) is 25.6. The summed E-state index contributed by atoms with van der Waals surface area (Å²) in [4.78, 5) is 92.3. The first kappa shape index (κ1) is 37.5. The predicted octanol–water partition coefficient (Wildman–Crippen LogP) is -7.87. The molecule has 2 heterocycles. The molecule has 0 radical (unpaired) electrons. The van der Waals surface area contributed by atoms with Gasteiger partial charge in [-0.3, -0.25) is 33.6 Å². The van der Waals surface area contributed by atoms with Crippen LogP contribution in [0.5, 0.6) is 0 Å². The van der Waals surface area contributed by atoms with Gasteiger partial charge in [-0.1, -0.05) is 0 Å². The van der Waals surface area contributed by atoms with E-state index in [2.05, 4.69) is 31.9 Å². The lowest BCUT2D eigenvalue weighted by Gasteiger charge is -2.30. The highest BCUT2D eigenvalue weighted by Crippen LogP contribution is 2.39. The van der Waals surface area contributed by atoms with Crippen molar-refractivity contribution in [1.82, 2.24) is 36.8 Å². The molecule has 20 heteroatoms. The van der Waals surface area contributed by atoms with Crippen molar-refractivity contribution in [3.63, 3.8) is 0 Å². The van der Waals surface area contributed by atoms with Crippen molar-refractivity contribution >= 4 is 41.4 Å². The summed E-state index contributed by atoms with van der Waals surface area (Å²) in [6.07, 6.45) is -2.93. The van der Waals surface area contributed by atoms with Crippen LogP contribution in [0.2, 0.25) is 0 Å². The molecule has 0 aromatic heterocycles. The second kappa shape index (κ2) is 16.7. The Hall–Kier alpha value is -3.95. The van der Waals surface area contributed by atoms with Crippen LogP contribution in [0.1, 0.15) is 38.5 Å². The van der Waals surface area contributed by atoms with Crippen LogP contribution in [0.15, 0.2) is 0 Å². The van der Waals surface area contributed by atoms with Gasteiger partial charge in [0.15, 0.2) is 0 Å². The highest BCUT2D eigenvalue weighted by Gasteiger charge is 2.56. The van der Waals surface area contributed by atoms with Gasteiger partial charge in [0, 0.05) is 32.4 Å². The van der Waals surface area contributed by atoms with Crippen LogP contribution in [0.25, 0.3) is 0 Å². The van der Waals surface area contributed by atoms with E-state index in [0.717, 1.165) is 4.90 Å². The molecule has 1 saturated carbocycles. The number of aliphatic hydroxyl groups excluding tert-OH is 5. The Labute approximate surface area is 269 Å². The Morgan fingerprint density at radius 3 is 1.91 bits per heavy atom. The third-order valence-electron chi connectivity index (χ3n) is 8.12. The van der Waals surface area contributed by atoms with E-state index in [4.69, 9.17) is 5.73 Å². The van der Waals surface area contributed by atoms with E-state index in [1.165, 1.54) is 0 Å². The summed E-state index contributed by atoms with van der Waals surface area (Å²) in [5.74, 6) is -6.33. The largest absolute Gasteiger partial charge is 0.394 e. The van der Waals surface area contributed by atoms with Crippen molar-refractivity contribution in [2.45, 2.75) is 86.5 Å². The van der Waals surface area contributed by atoms with Crippen LogP contribution in [0, 0.1) is 0 Å². The van der Waals surface area contributed by atoms with Gasteiger partial charge in [-0.15, -0.1) is 0 Å². The first-order chi connectivity index (χ1) is 22.3. The summed E-state index contributed by atoms with van der Waals surface area (Å²) in [7, 11) is 0. The highest BCUT2D eigenvalue weighted by molar-refractivity contribution is 6.00. The fourth-order valence-corrected chi connectivity index (χ4v) is 5.30. The van der Waals surface area contributed by atoms with Gasteiger partial charge in [0.05, 0.1) is 32.0 Å². The summed E-state index contributed by atoms with van der Waals surface area (Å²) in [5.41, 5.74) is 3.94. The topological polar surface area (TPSA) is 322 Å². The van der Waals surface area contributed by atoms with Gasteiger partial charge in [-0.2, -0.15) is 0 Å². The predicted molar refractivity (Wildman–Crippen MR) is 157 cm³/mol. The van der Waals surface area contributed by atoms with Crippen molar-refractivity contribution in [2.75, 3.05) is 39.5 Å². The van der Waals surface area contributed by atoms with Crippen LogP contribution in [-0.2, 0) is 33.6 Å². The monoisotopic (exact) mass is 672 g/mol. The number of carbonyl (C=O) groups excluding carboxylic acids is 7. The normalized spacial score (nSPS) is 30.4. The highest BCUT2D eigenvalue weighted by atomic mass is 16.3. The summed E-state index contributed by atoms with van der Waals surface area (Å²) in [5, 5.41) is 64.0. The molecule has 1 spiro atoms. The van der Waals surface area contributed by atoms with E-state index >= 15 is 0 Å². The van der Waals surface area contributed by atoms with Gasteiger partial charge >= 0.3 is 0 Å². The Morgan fingerprint density at radius 1 is 0.787 bits per heavy atom. The molecular formula is C27H44N8O12. The first-order valence-electron chi connectivity index (χ1n) is 15.3. The van der Waals surface area contributed by atoms with E-state index < -0.39 is 116 Å². The maximum atomic E-state index is 13.6. The van der Waals surface area contributed by atoms with Crippen LogP contribution in [-0.4, -0.2) is 159 Å². The number of rotatable bonds is 7. The number of fused-ring (bicyclic) bond motifs is 1. The van der Waals surface area contributed by atoms with Crippen LogP contribution < -0.4 is 37.6 Å². The zero-order chi connectivity index (χ0) is 34.9. The van der Waals surface area contributed by atoms with Crippen molar-refractivity contribution in [1.29, 1.82) is 0 Å². The Kier molecular flexibility index (Phi) is 13.4. The molecule has 7 unspecified atom stereocenters. The molecule has 3 fully saturated rings. The van der Waals surface area contributed by atoms with Crippen LogP contribution >= 0.6 is 0 Å². The lowest BCUT2D eigenvalue weighted by atomic mass is 10.0. The van der Waals surface area contributed by atoms with Gasteiger partial charge in [-0.25, -0.2) is 0 Å². The third kappa shape index (κ3) is 9.78. The summed E-state index contributed by atoms with van der Waals surface area (Å²) >= 11 is 0. The zero-order valence-electron chi connectivity index (χ0n) is 25.6. The lowest BCUT2D eigenvalue weighted by Crippen LogP contribution is -2.61. The molecule has 13 N–H and O–H groups in total. The molecule has 7 atom stereocenters. The molecule has 20 nitrogen and oxygen atoms in total. The van der Waals surface area contributed by atoms with Crippen molar-refractivity contribution in [3.05, 3.63) is 0 Å². The maximum Gasteiger partial charge on any atom is 0.249 e. The Balaban J connectivity index is 1.91. The maximum absolute atomic E-state index is 13.6. The van der Waals surface area contributed by atoms with Gasteiger partial charge in [0.1, 0.15) is 35.7 Å². The number of hydrogen-bond donors (Lipinski definition) is 12. The minimum Gasteiger partial charge on any atom is -0.394 e. The van der Waals surface area contributed by atoms with Gasteiger partial charge < -0.3 is 68.1 Å². The van der Waals surface area contributed by atoms with Crippen molar-refractivity contribution in [3.8, 4) is 0 Å². The van der Waals surface area contributed by atoms with Crippen LogP contribution in [0.3, 0.4) is 0 Å². The number of nitrogens with zero attached hydrogens (tertiary/aromatic N) is 1. The quantitative estimate of drug-likeness (QED) is 0.120. The van der Waals surface area contributed by atoms with Gasteiger partial charge in [0.25, 0.3) is 0 Å². The SMILES string of the molecule is NCCC(O)CC1NC(=O)C(CO)NC(=O)C2CC(O)CN2C(=O)C2(CC2)NC(=O)C(CO)NC(=O)C(CO)NC(=O)CCNC1=O. The van der Waals surface area contributed by atoms with E-state index in [0.29, 0.717) is 0 Å². The Morgan fingerprint density at radius 2 is 1.34 bits per heavy atom. The van der Waals surface area contributed by atoms with Gasteiger partial charge in [-0.05, 0) is 25.8 Å². The average Bonchev–Trinajstić information content (AvgIpc) is 3.70. The summed E-state index contributed by atoms with van der Waals surface area (Å²) < 4.78 is 0. The van der Waals surface area contributed by atoms with E-state index in [1.807, 2.05) is 0 Å². The molecule has 0 bridgehead atoms. The molecule has 7 amide bonds. The second-order valence-corrected chi connectivity index (χ2v) is 11.8. The molecule has 264 valence electrons. The Bertz CT molecular complexity index is 1200. The molecule has 0 aromatic rings. The number of hydrogen-bond acceptors (Lipinski definition) is 13. The fraction of sp³-hybridized carbons (Fsp3) is 0.741. The average molecular weight is 673 g/mol. The number of nitrogens with one attached hydrogen (secondary N) is 6. The standard InChI is InChI=1S/C27H44N8O12/c28-5-1-13(39)7-15-21(42)29-6-2-20(41)30-16(10-36)22(43)32-18(12-38)24(45)34-27(3-4-27)26(47)35-9-14(40)8-19(35)25(46)33-17(11-37)23(44)31-15/h13-19,36-40H,1-12,28H2,(H,29,42)(H,30,41)(H,31,44)(H,32,43)(H,33,46)(H,34,45). The minimum absolute atomic E-state index is 0.0605. The molecular weight excluding hydrogens is 628 g/mol. The second-order valence-electron chi connectivity index (χ2n) is 11.8. The smallest absolute Gasteiger partial charge is 0.249 e. The fourth-order valence-electron chi connectivity index (χ4n) is 5.30. The molecule has 3 aliphatic rings. The lowest BCUT2D eigenvalue weighted by molar-refractivity contribution is -0.144. The molecule has 3 rings (SSSR count). The van der Waals surface area contributed by atoms with E-state index in [-0.39, 0.29) is 51.7 Å². The summed E-state index contributed by atoms with van der Waals surface area (Å²) in [6, 6.07) is -7.52. The van der Waals surface area contributed by atoms with Gasteiger partial charge in [0.2, 0.25) is 41.4 Å². The molecule has 2 aliphatic heterocycles. The number of nitrogens with two attached hydrogens (primary N) is 1. The molecule has 47 heavy (non-hydrogen) atoms. The summed E-state index contributed by atoms with van der Waals surface area (Å²) in [6.45, 7) is -3.30. The van der Waals surface area contributed by atoms with E-state index in [1.54, 1.807) is 0 Å². The molecule has 2 saturated heterocycles. The van der Waals surface area contributed by atoms with Crippen molar-refractivity contribution in [2.24, 2.45) is 5.73 Å².